The maximum absolute atomic E-state index is 6.18. The first kappa shape index (κ1) is 15.9. The fourth-order valence-corrected chi connectivity index (χ4v) is 3.30. The molecule has 0 radical (unpaired) electrons. The van der Waals surface area contributed by atoms with E-state index in [0.29, 0.717) is 6.10 Å². The minimum atomic E-state index is 0.364. The molecule has 1 aliphatic carbocycles. The van der Waals surface area contributed by atoms with Gasteiger partial charge in [-0.05, 0) is 68.2 Å². The van der Waals surface area contributed by atoms with Crippen molar-refractivity contribution in [1.82, 2.24) is 0 Å². The van der Waals surface area contributed by atoms with Crippen LogP contribution < -0.4 is 9.47 Å². The Morgan fingerprint density at radius 3 is 2.35 bits per heavy atom. The molecule has 1 aliphatic rings. The molecule has 23 heavy (non-hydrogen) atoms. The van der Waals surface area contributed by atoms with E-state index in [1.807, 2.05) is 6.07 Å². The molecule has 0 atom stereocenters. The van der Waals surface area contributed by atoms with Gasteiger partial charge >= 0.3 is 0 Å². The molecule has 0 spiro atoms. The van der Waals surface area contributed by atoms with Gasteiger partial charge in [-0.1, -0.05) is 36.4 Å². The summed E-state index contributed by atoms with van der Waals surface area (Å²) in [6.45, 7) is 0. The summed E-state index contributed by atoms with van der Waals surface area (Å²) in [5, 5.41) is 0. The largest absolute Gasteiger partial charge is 0.493 e. The molecular weight excluding hydrogens is 284 g/mol. The molecule has 0 bridgehead atoms. The molecule has 0 saturated heterocycles. The highest BCUT2D eigenvalue weighted by Crippen LogP contribution is 2.32. The van der Waals surface area contributed by atoms with Crippen LogP contribution in [0.15, 0.2) is 48.5 Å². The Morgan fingerprint density at radius 1 is 0.870 bits per heavy atom. The number of hydrogen-bond acceptors (Lipinski definition) is 2. The van der Waals surface area contributed by atoms with Crippen LogP contribution in [0.4, 0.5) is 0 Å². The second-order valence-corrected chi connectivity index (χ2v) is 6.35. The summed E-state index contributed by atoms with van der Waals surface area (Å²) >= 11 is 0. The van der Waals surface area contributed by atoms with E-state index in [-0.39, 0.29) is 0 Å². The zero-order valence-electron chi connectivity index (χ0n) is 14.0. The van der Waals surface area contributed by atoms with Gasteiger partial charge in [0.2, 0.25) is 0 Å². The van der Waals surface area contributed by atoms with E-state index in [4.69, 9.17) is 9.47 Å². The molecule has 2 nitrogen and oxygen atoms in total. The molecule has 0 aromatic heterocycles. The lowest BCUT2D eigenvalue weighted by atomic mass is 10.0. The van der Waals surface area contributed by atoms with Crippen LogP contribution in [-0.2, 0) is 12.8 Å². The number of ether oxygens (including phenoxy) is 2. The third-order valence-electron chi connectivity index (χ3n) is 4.60. The Morgan fingerprint density at radius 2 is 1.61 bits per heavy atom. The van der Waals surface area contributed by atoms with E-state index in [9.17, 15) is 0 Å². The number of benzene rings is 2. The minimum absolute atomic E-state index is 0.364. The fraction of sp³-hybridized carbons (Fsp3) is 0.429. The Balaban J connectivity index is 1.60. The summed E-state index contributed by atoms with van der Waals surface area (Å²) in [6, 6.07) is 17.0. The highest BCUT2D eigenvalue weighted by atomic mass is 16.5. The molecule has 0 aliphatic heterocycles. The predicted octanol–water partition coefficient (Wildman–Crippen LogP) is 5.19. The highest BCUT2D eigenvalue weighted by Gasteiger charge is 2.18. The first-order valence-electron chi connectivity index (χ1n) is 8.72. The van der Waals surface area contributed by atoms with Crippen LogP contribution in [0.2, 0.25) is 0 Å². The Hall–Kier alpha value is -1.96. The van der Waals surface area contributed by atoms with Gasteiger partial charge in [-0.15, -0.1) is 0 Å². The van der Waals surface area contributed by atoms with Gasteiger partial charge < -0.3 is 9.47 Å². The van der Waals surface area contributed by atoms with Crippen LogP contribution in [0.25, 0.3) is 0 Å². The lowest BCUT2D eigenvalue weighted by molar-refractivity contribution is 0.200. The van der Waals surface area contributed by atoms with Gasteiger partial charge in [-0.3, -0.25) is 0 Å². The maximum Gasteiger partial charge on any atom is 0.161 e. The van der Waals surface area contributed by atoms with Crippen molar-refractivity contribution in [2.75, 3.05) is 7.11 Å². The number of hydrogen-bond donors (Lipinski definition) is 0. The van der Waals surface area contributed by atoms with E-state index < -0.39 is 0 Å². The quantitative estimate of drug-likeness (QED) is 0.700. The van der Waals surface area contributed by atoms with E-state index in [2.05, 4.69) is 42.5 Å². The van der Waals surface area contributed by atoms with Gasteiger partial charge in [-0.25, -0.2) is 0 Å². The van der Waals surface area contributed by atoms with Crippen LogP contribution in [-0.4, -0.2) is 13.2 Å². The Kier molecular flexibility index (Phi) is 5.57. The van der Waals surface area contributed by atoms with Gasteiger partial charge in [-0.2, -0.15) is 0 Å². The molecule has 0 heterocycles. The van der Waals surface area contributed by atoms with Crippen molar-refractivity contribution in [3.8, 4) is 11.5 Å². The summed E-state index contributed by atoms with van der Waals surface area (Å²) in [5.41, 5.74) is 2.73. The third kappa shape index (κ3) is 4.51. The van der Waals surface area contributed by atoms with Gasteiger partial charge in [0.15, 0.2) is 11.5 Å². The molecule has 1 saturated carbocycles. The van der Waals surface area contributed by atoms with E-state index in [1.165, 1.54) is 36.8 Å². The number of aryl methyl sites for hydroxylation is 2. The third-order valence-corrected chi connectivity index (χ3v) is 4.60. The van der Waals surface area contributed by atoms with E-state index >= 15 is 0 Å². The molecule has 2 aromatic carbocycles. The van der Waals surface area contributed by atoms with Gasteiger partial charge in [0, 0.05) is 0 Å². The lowest BCUT2D eigenvalue weighted by Crippen LogP contribution is -2.11. The van der Waals surface area contributed by atoms with Crippen LogP contribution in [0, 0.1) is 0 Å². The SMILES string of the molecule is COc1ccc(CCCc2ccccc2)cc1OC1CCCC1. The average Bonchev–Trinajstić information content (AvgIpc) is 3.09. The zero-order chi connectivity index (χ0) is 15.9. The van der Waals surface area contributed by atoms with Gasteiger partial charge in [0.1, 0.15) is 0 Å². The summed E-state index contributed by atoms with van der Waals surface area (Å²) in [5.74, 6) is 1.76. The van der Waals surface area contributed by atoms with Crippen molar-refractivity contribution < 1.29 is 9.47 Å². The molecule has 0 unspecified atom stereocenters. The molecule has 1 fully saturated rings. The second-order valence-electron chi connectivity index (χ2n) is 6.35. The zero-order valence-corrected chi connectivity index (χ0v) is 14.0. The van der Waals surface area contributed by atoms with Crippen molar-refractivity contribution in [3.05, 3.63) is 59.7 Å². The molecule has 0 amide bonds. The van der Waals surface area contributed by atoms with Crippen molar-refractivity contribution in [1.29, 1.82) is 0 Å². The number of methoxy groups -OCH3 is 1. The van der Waals surface area contributed by atoms with Gasteiger partial charge in [0.05, 0.1) is 13.2 Å². The summed E-state index contributed by atoms with van der Waals surface area (Å²) in [4.78, 5) is 0. The van der Waals surface area contributed by atoms with Crippen molar-refractivity contribution >= 4 is 0 Å². The van der Waals surface area contributed by atoms with Crippen molar-refractivity contribution in [2.45, 2.75) is 51.0 Å². The van der Waals surface area contributed by atoms with Crippen molar-refractivity contribution in [2.24, 2.45) is 0 Å². The van der Waals surface area contributed by atoms with Crippen LogP contribution in [0.3, 0.4) is 0 Å². The van der Waals surface area contributed by atoms with Crippen LogP contribution in [0.1, 0.15) is 43.2 Å². The summed E-state index contributed by atoms with van der Waals surface area (Å²) in [6.07, 6.45) is 8.60. The maximum atomic E-state index is 6.18. The minimum Gasteiger partial charge on any atom is -0.493 e. The summed E-state index contributed by atoms with van der Waals surface area (Å²) in [7, 11) is 1.71. The second kappa shape index (κ2) is 8.05. The molecule has 2 aromatic rings. The molecule has 122 valence electrons. The molecule has 0 N–H and O–H groups in total. The topological polar surface area (TPSA) is 18.5 Å². The number of rotatable bonds is 7. The lowest BCUT2D eigenvalue weighted by Gasteiger charge is -2.17. The predicted molar refractivity (Wildman–Crippen MR) is 94.3 cm³/mol. The highest BCUT2D eigenvalue weighted by molar-refractivity contribution is 5.43. The standard InChI is InChI=1S/C21H26O2/c1-22-20-15-14-18(11-7-10-17-8-3-2-4-9-17)16-21(20)23-19-12-5-6-13-19/h2-4,8-9,14-16,19H,5-7,10-13H2,1H3. The average molecular weight is 310 g/mol. The van der Waals surface area contributed by atoms with E-state index in [1.54, 1.807) is 7.11 Å². The smallest absolute Gasteiger partial charge is 0.161 e. The first-order chi connectivity index (χ1) is 11.3. The Labute approximate surface area is 139 Å². The van der Waals surface area contributed by atoms with Gasteiger partial charge in [0.25, 0.3) is 0 Å². The molecule has 3 rings (SSSR count). The van der Waals surface area contributed by atoms with Crippen molar-refractivity contribution in [3.63, 3.8) is 0 Å². The molecule has 2 heteroatoms. The summed E-state index contributed by atoms with van der Waals surface area (Å²) < 4.78 is 11.6. The first-order valence-corrected chi connectivity index (χ1v) is 8.72. The monoisotopic (exact) mass is 310 g/mol. The van der Waals surface area contributed by atoms with Crippen LogP contribution >= 0.6 is 0 Å². The molecular formula is C21H26O2. The normalized spacial score (nSPS) is 14.8. The Bertz CT molecular complexity index is 600. The fourth-order valence-electron chi connectivity index (χ4n) is 3.30. The van der Waals surface area contributed by atoms with E-state index in [0.717, 1.165) is 30.8 Å². The van der Waals surface area contributed by atoms with Crippen LogP contribution in [0.5, 0.6) is 11.5 Å².